The smallest absolute Gasteiger partial charge is 0.272 e. The van der Waals surface area contributed by atoms with Crippen LogP contribution < -0.4 is 15.5 Å². The van der Waals surface area contributed by atoms with Gasteiger partial charge in [-0.3, -0.25) is 9.59 Å². The molecule has 4 aromatic rings. The van der Waals surface area contributed by atoms with Gasteiger partial charge in [-0.15, -0.1) is 0 Å². The Kier molecular flexibility index (Phi) is 6.53. The summed E-state index contributed by atoms with van der Waals surface area (Å²) in [5.41, 5.74) is 4.87. The van der Waals surface area contributed by atoms with E-state index >= 15 is 0 Å². The zero-order chi connectivity index (χ0) is 23.5. The van der Waals surface area contributed by atoms with Crippen LogP contribution in [0.25, 0.3) is 21.9 Å². The summed E-state index contributed by atoms with van der Waals surface area (Å²) in [6.07, 6.45) is -0.0457. The van der Waals surface area contributed by atoms with Crippen molar-refractivity contribution in [1.82, 2.24) is 5.43 Å². The third kappa shape index (κ3) is 4.94. The zero-order valence-electron chi connectivity index (χ0n) is 17.7. The normalized spacial score (nSPS) is 11.6. The molecule has 4 rings (SSSR count). The van der Waals surface area contributed by atoms with Gasteiger partial charge in [0, 0.05) is 27.6 Å². The van der Waals surface area contributed by atoms with Crippen LogP contribution >= 0.6 is 23.2 Å². The second kappa shape index (κ2) is 9.52. The molecule has 0 saturated carbocycles. The van der Waals surface area contributed by atoms with E-state index in [9.17, 15) is 9.59 Å². The Labute approximate surface area is 199 Å². The molecule has 0 unspecified atom stereocenters. The number of rotatable bonds is 6. The number of nitrogens with one attached hydrogen (secondary N) is 2. The van der Waals surface area contributed by atoms with E-state index in [1.54, 1.807) is 19.1 Å². The number of ether oxygens (including phenoxy) is 1. The second-order valence-electron chi connectivity index (χ2n) is 7.28. The molecule has 0 aliphatic rings. The van der Waals surface area contributed by atoms with Gasteiger partial charge in [0.05, 0.1) is 29.8 Å². The number of nitrogens with zero attached hydrogens (tertiary/aromatic N) is 1. The molecule has 2 amide bonds. The molecule has 168 valence electrons. The van der Waals surface area contributed by atoms with Crippen molar-refractivity contribution in [3.8, 4) is 5.75 Å². The number of carbonyl (C=O) groups is 2. The summed E-state index contributed by atoms with van der Waals surface area (Å²) in [6.45, 7) is 1.63. The average molecular weight is 484 g/mol. The van der Waals surface area contributed by atoms with Gasteiger partial charge >= 0.3 is 0 Å². The maximum absolute atomic E-state index is 12.6. The van der Waals surface area contributed by atoms with Crippen molar-refractivity contribution >= 4 is 68.4 Å². The Balaban J connectivity index is 1.46. The highest BCUT2D eigenvalue weighted by molar-refractivity contribution is 6.36. The van der Waals surface area contributed by atoms with Gasteiger partial charge in [-0.1, -0.05) is 41.4 Å². The van der Waals surface area contributed by atoms with Crippen molar-refractivity contribution in [3.05, 3.63) is 70.2 Å². The van der Waals surface area contributed by atoms with E-state index in [2.05, 4.69) is 15.8 Å². The number of hydrazone groups is 1. The van der Waals surface area contributed by atoms with Crippen LogP contribution in [0.4, 0.5) is 5.69 Å². The lowest BCUT2D eigenvalue weighted by atomic mass is 10.1. The number of amides is 2. The van der Waals surface area contributed by atoms with E-state index in [4.69, 9.17) is 32.4 Å². The van der Waals surface area contributed by atoms with Crippen LogP contribution in [0.5, 0.6) is 5.75 Å². The van der Waals surface area contributed by atoms with Crippen molar-refractivity contribution in [1.29, 1.82) is 0 Å². The van der Waals surface area contributed by atoms with E-state index in [0.717, 1.165) is 16.4 Å². The lowest BCUT2D eigenvalue weighted by molar-refractivity contribution is -0.115. The molecule has 1 heterocycles. The first-order valence-corrected chi connectivity index (χ1v) is 10.7. The Morgan fingerprint density at radius 1 is 1.03 bits per heavy atom. The molecule has 33 heavy (non-hydrogen) atoms. The zero-order valence-corrected chi connectivity index (χ0v) is 19.3. The van der Waals surface area contributed by atoms with E-state index in [-0.39, 0.29) is 22.9 Å². The predicted octanol–water partition coefficient (Wildman–Crippen LogP) is 6.04. The number of carbonyl (C=O) groups excluding carboxylic acids is 2. The van der Waals surface area contributed by atoms with Crippen molar-refractivity contribution in [2.45, 2.75) is 13.3 Å². The average Bonchev–Trinajstić information content (AvgIpc) is 3.14. The Bertz CT molecular complexity index is 1410. The highest BCUT2D eigenvalue weighted by Gasteiger charge is 2.15. The predicted molar refractivity (Wildman–Crippen MR) is 131 cm³/mol. The standard InChI is InChI=1S/C24H19Cl2N3O4/c1-13(28-29-24(31)16-8-7-14(25)10-18(16)26)9-23(30)27-19-12-21-17(11-22(19)32-2)15-5-3-4-6-20(15)33-21/h3-8,10-12H,9H2,1-2H3,(H,27,30)(H,29,31). The van der Waals surface area contributed by atoms with Crippen LogP contribution in [0.15, 0.2) is 64.1 Å². The first-order chi connectivity index (χ1) is 15.9. The van der Waals surface area contributed by atoms with Gasteiger partial charge in [-0.2, -0.15) is 5.10 Å². The number of anilines is 1. The lowest BCUT2D eigenvalue weighted by Crippen LogP contribution is -2.22. The molecule has 0 spiro atoms. The molecule has 0 bridgehead atoms. The van der Waals surface area contributed by atoms with Gasteiger partial charge in [0.1, 0.15) is 16.9 Å². The van der Waals surface area contributed by atoms with E-state index in [1.165, 1.54) is 19.2 Å². The number of hydrogen-bond donors (Lipinski definition) is 2. The molecule has 0 aliphatic carbocycles. The minimum absolute atomic E-state index is 0.0457. The molecule has 0 fully saturated rings. The summed E-state index contributed by atoms with van der Waals surface area (Å²) in [7, 11) is 1.53. The minimum Gasteiger partial charge on any atom is -0.495 e. The summed E-state index contributed by atoms with van der Waals surface area (Å²) in [4.78, 5) is 24.8. The third-order valence-electron chi connectivity index (χ3n) is 4.91. The number of benzene rings is 3. The molecule has 0 atom stereocenters. The van der Waals surface area contributed by atoms with Gasteiger partial charge in [-0.25, -0.2) is 5.43 Å². The molecular formula is C24H19Cl2N3O4. The molecule has 3 aromatic carbocycles. The summed E-state index contributed by atoms with van der Waals surface area (Å²) in [6, 6.07) is 15.7. The maximum Gasteiger partial charge on any atom is 0.272 e. The van der Waals surface area contributed by atoms with E-state index < -0.39 is 5.91 Å². The molecule has 9 heteroatoms. The van der Waals surface area contributed by atoms with Gasteiger partial charge in [0.15, 0.2) is 0 Å². The van der Waals surface area contributed by atoms with Crippen LogP contribution in [-0.2, 0) is 4.79 Å². The van der Waals surface area contributed by atoms with Crippen molar-refractivity contribution in [3.63, 3.8) is 0 Å². The van der Waals surface area contributed by atoms with Crippen LogP contribution in [-0.4, -0.2) is 24.6 Å². The molecule has 0 radical (unpaired) electrons. The maximum atomic E-state index is 12.6. The molecule has 0 aliphatic heterocycles. The van der Waals surface area contributed by atoms with Crippen LogP contribution in [0, 0.1) is 0 Å². The van der Waals surface area contributed by atoms with E-state index in [0.29, 0.717) is 27.8 Å². The van der Waals surface area contributed by atoms with Gasteiger partial charge in [0.25, 0.3) is 5.91 Å². The summed E-state index contributed by atoms with van der Waals surface area (Å²) in [5.74, 6) is -0.333. The third-order valence-corrected chi connectivity index (χ3v) is 5.46. The molecule has 1 aromatic heterocycles. The molecular weight excluding hydrogens is 465 g/mol. The van der Waals surface area contributed by atoms with Crippen molar-refractivity contribution in [2.24, 2.45) is 5.10 Å². The number of hydrogen-bond acceptors (Lipinski definition) is 5. The second-order valence-corrected chi connectivity index (χ2v) is 8.13. The van der Waals surface area contributed by atoms with Crippen LogP contribution in [0.1, 0.15) is 23.7 Å². The Morgan fingerprint density at radius 3 is 2.58 bits per heavy atom. The highest BCUT2D eigenvalue weighted by atomic mass is 35.5. The van der Waals surface area contributed by atoms with Crippen molar-refractivity contribution in [2.75, 3.05) is 12.4 Å². The fourth-order valence-electron chi connectivity index (χ4n) is 3.36. The first kappa shape index (κ1) is 22.6. The summed E-state index contributed by atoms with van der Waals surface area (Å²) < 4.78 is 11.3. The van der Waals surface area contributed by atoms with E-state index in [1.807, 2.05) is 30.3 Å². The fourth-order valence-corrected chi connectivity index (χ4v) is 3.86. The largest absolute Gasteiger partial charge is 0.495 e. The highest BCUT2D eigenvalue weighted by Crippen LogP contribution is 2.36. The molecule has 0 saturated heterocycles. The molecule has 2 N–H and O–H groups in total. The van der Waals surface area contributed by atoms with Crippen LogP contribution in [0.2, 0.25) is 10.0 Å². The van der Waals surface area contributed by atoms with Gasteiger partial charge < -0.3 is 14.5 Å². The minimum atomic E-state index is -0.506. The SMILES string of the molecule is COc1cc2c(cc1NC(=O)CC(C)=NNC(=O)c1ccc(Cl)cc1Cl)oc1ccccc12. The Morgan fingerprint density at radius 2 is 1.82 bits per heavy atom. The number of furan rings is 1. The number of fused-ring (bicyclic) bond motifs is 3. The first-order valence-electron chi connectivity index (χ1n) is 9.93. The monoisotopic (exact) mass is 483 g/mol. The topological polar surface area (TPSA) is 92.9 Å². The van der Waals surface area contributed by atoms with Crippen molar-refractivity contribution < 1.29 is 18.7 Å². The summed E-state index contributed by atoms with van der Waals surface area (Å²) >= 11 is 11.9. The quantitative estimate of drug-likeness (QED) is 0.258. The fraction of sp³-hybridized carbons (Fsp3) is 0.125. The lowest BCUT2D eigenvalue weighted by Gasteiger charge is -2.10. The number of methoxy groups -OCH3 is 1. The summed E-state index contributed by atoms with van der Waals surface area (Å²) in [5, 5.41) is 9.27. The van der Waals surface area contributed by atoms with Gasteiger partial charge in [0.2, 0.25) is 5.91 Å². The number of para-hydroxylation sites is 1. The Hall–Kier alpha value is -3.55. The number of halogens is 2. The van der Waals surface area contributed by atoms with Crippen LogP contribution in [0.3, 0.4) is 0 Å². The molecule has 7 nitrogen and oxygen atoms in total. The van der Waals surface area contributed by atoms with Gasteiger partial charge in [-0.05, 0) is 37.3 Å².